The standard InChI is InChI=1S/C14H12N2O4S/c17-13(12-2-1-5-21-12)16-14(18)15-7-9-3-4-10-11(6-9)20-8-19-10/h1-6H,7-8H2,(H2,15,16,17,18). The molecular formula is C14H12N2O4S. The summed E-state index contributed by atoms with van der Waals surface area (Å²) in [5, 5.41) is 6.67. The van der Waals surface area contributed by atoms with Crippen LogP contribution in [0, 0.1) is 0 Å². The maximum Gasteiger partial charge on any atom is 0.322 e. The van der Waals surface area contributed by atoms with Crippen molar-refractivity contribution in [2.45, 2.75) is 6.54 Å². The molecule has 0 unspecified atom stereocenters. The molecule has 1 aliphatic rings. The van der Waals surface area contributed by atoms with Gasteiger partial charge in [0.25, 0.3) is 5.91 Å². The summed E-state index contributed by atoms with van der Waals surface area (Å²) in [7, 11) is 0. The van der Waals surface area contributed by atoms with Gasteiger partial charge in [-0.1, -0.05) is 12.1 Å². The molecule has 6 nitrogen and oxygen atoms in total. The molecule has 108 valence electrons. The van der Waals surface area contributed by atoms with Gasteiger partial charge in [-0.15, -0.1) is 11.3 Å². The van der Waals surface area contributed by atoms with Gasteiger partial charge in [0.15, 0.2) is 11.5 Å². The molecule has 7 heteroatoms. The Kier molecular flexibility index (Phi) is 3.74. The molecule has 0 saturated heterocycles. The van der Waals surface area contributed by atoms with Crippen molar-refractivity contribution in [3.8, 4) is 11.5 Å². The summed E-state index contributed by atoms with van der Waals surface area (Å²) in [6, 6.07) is 8.29. The quantitative estimate of drug-likeness (QED) is 0.910. The van der Waals surface area contributed by atoms with E-state index in [-0.39, 0.29) is 6.79 Å². The van der Waals surface area contributed by atoms with E-state index in [0.29, 0.717) is 22.9 Å². The number of thiophene rings is 1. The number of hydrogen-bond donors (Lipinski definition) is 2. The summed E-state index contributed by atoms with van der Waals surface area (Å²) >= 11 is 1.28. The van der Waals surface area contributed by atoms with E-state index in [4.69, 9.17) is 9.47 Å². The number of carbonyl (C=O) groups excluding carboxylic acids is 2. The number of rotatable bonds is 3. The van der Waals surface area contributed by atoms with Crippen LogP contribution in [-0.2, 0) is 6.54 Å². The second-order valence-corrected chi connectivity index (χ2v) is 5.25. The summed E-state index contributed by atoms with van der Waals surface area (Å²) in [6.07, 6.45) is 0. The van der Waals surface area contributed by atoms with Gasteiger partial charge in [0, 0.05) is 6.54 Å². The molecule has 0 spiro atoms. The van der Waals surface area contributed by atoms with E-state index in [2.05, 4.69) is 10.6 Å². The average Bonchev–Trinajstić information content (AvgIpc) is 3.15. The lowest BCUT2D eigenvalue weighted by Gasteiger charge is -2.06. The van der Waals surface area contributed by atoms with Crippen LogP contribution in [0.15, 0.2) is 35.7 Å². The smallest absolute Gasteiger partial charge is 0.322 e. The van der Waals surface area contributed by atoms with E-state index in [0.717, 1.165) is 5.56 Å². The number of amides is 3. The van der Waals surface area contributed by atoms with Gasteiger partial charge in [-0.25, -0.2) is 4.79 Å². The highest BCUT2D eigenvalue weighted by atomic mass is 32.1. The van der Waals surface area contributed by atoms with Gasteiger partial charge in [0.1, 0.15) is 0 Å². The Morgan fingerprint density at radius 1 is 1.19 bits per heavy atom. The second kappa shape index (κ2) is 5.84. The largest absolute Gasteiger partial charge is 0.454 e. The van der Waals surface area contributed by atoms with E-state index in [1.165, 1.54) is 11.3 Å². The van der Waals surface area contributed by atoms with Crippen molar-refractivity contribution in [3.05, 3.63) is 46.2 Å². The van der Waals surface area contributed by atoms with Crippen LogP contribution in [-0.4, -0.2) is 18.7 Å². The zero-order chi connectivity index (χ0) is 14.7. The molecule has 2 heterocycles. The first-order chi connectivity index (χ1) is 10.2. The third-order valence-corrected chi connectivity index (χ3v) is 3.73. The van der Waals surface area contributed by atoms with Crippen molar-refractivity contribution in [1.82, 2.24) is 10.6 Å². The number of urea groups is 1. The molecule has 3 amide bonds. The molecular weight excluding hydrogens is 292 g/mol. The molecule has 2 aromatic rings. The molecule has 2 N–H and O–H groups in total. The third-order valence-electron chi connectivity index (χ3n) is 2.86. The molecule has 0 fully saturated rings. The monoisotopic (exact) mass is 304 g/mol. The minimum absolute atomic E-state index is 0.210. The normalized spacial score (nSPS) is 12.0. The number of hydrogen-bond acceptors (Lipinski definition) is 5. The molecule has 0 atom stereocenters. The van der Waals surface area contributed by atoms with E-state index in [9.17, 15) is 9.59 Å². The SMILES string of the molecule is O=C(NCc1ccc2c(c1)OCO2)NC(=O)c1cccs1. The molecule has 1 aliphatic heterocycles. The van der Waals surface area contributed by atoms with Crippen molar-refractivity contribution >= 4 is 23.3 Å². The van der Waals surface area contributed by atoms with Crippen LogP contribution in [0.2, 0.25) is 0 Å². The van der Waals surface area contributed by atoms with Gasteiger partial charge in [-0.2, -0.15) is 0 Å². The number of nitrogens with one attached hydrogen (secondary N) is 2. The van der Waals surface area contributed by atoms with Gasteiger partial charge in [-0.3, -0.25) is 10.1 Å². The molecule has 0 bridgehead atoms. The van der Waals surface area contributed by atoms with Crippen LogP contribution in [0.1, 0.15) is 15.2 Å². The first kappa shape index (κ1) is 13.4. The highest BCUT2D eigenvalue weighted by Gasteiger charge is 2.14. The topological polar surface area (TPSA) is 76.7 Å². The summed E-state index contributed by atoms with van der Waals surface area (Å²) in [6.45, 7) is 0.502. The summed E-state index contributed by atoms with van der Waals surface area (Å²) in [5.74, 6) is 0.939. The fraction of sp³-hybridized carbons (Fsp3) is 0.143. The van der Waals surface area contributed by atoms with Crippen molar-refractivity contribution in [2.75, 3.05) is 6.79 Å². The van der Waals surface area contributed by atoms with Crippen molar-refractivity contribution in [1.29, 1.82) is 0 Å². The fourth-order valence-corrected chi connectivity index (χ4v) is 2.47. The lowest BCUT2D eigenvalue weighted by molar-refractivity contribution is 0.0968. The number of carbonyl (C=O) groups is 2. The number of fused-ring (bicyclic) bond motifs is 1. The lowest BCUT2D eigenvalue weighted by atomic mass is 10.2. The number of ether oxygens (including phenoxy) is 2. The fourth-order valence-electron chi connectivity index (χ4n) is 1.85. The first-order valence-corrected chi connectivity index (χ1v) is 7.11. The highest BCUT2D eigenvalue weighted by molar-refractivity contribution is 7.12. The summed E-state index contributed by atoms with van der Waals surface area (Å²) in [5.41, 5.74) is 0.859. The minimum Gasteiger partial charge on any atom is -0.454 e. The summed E-state index contributed by atoms with van der Waals surface area (Å²) in [4.78, 5) is 23.8. The molecule has 21 heavy (non-hydrogen) atoms. The van der Waals surface area contributed by atoms with Crippen LogP contribution in [0.5, 0.6) is 11.5 Å². The van der Waals surface area contributed by atoms with Gasteiger partial charge in [0.05, 0.1) is 4.88 Å². The zero-order valence-electron chi connectivity index (χ0n) is 10.9. The van der Waals surface area contributed by atoms with E-state index < -0.39 is 11.9 Å². The molecule has 3 rings (SSSR count). The predicted octanol–water partition coefficient (Wildman–Crippen LogP) is 2.12. The molecule has 1 aromatic carbocycles. The van der Waals surface area contributed by atoms with Gasteiger partial charge in [-0.05, 0) is 29.1 Å². The predicted molar refractivity (Wildman–Crippen MR) is 76.6 cm³/mol. The zero-order valence-corrected chi connectivity index (χ0v) is 11.7. The maximum absolute atomic E-state index is 11.7. The van der Waals surface area contributed by atoms with E-state index >= 15 is 0 Å². The van der Waals surface area contributed by atoms with E-state index in [1.54, 1.807) is 29.6 Å². The molecule has 1 aromatic heterocycles. The number of imide groups is 1. The van der Waals surface area contributed by atoms with Crippen LogP contribution in [0.3, 0.4) is 0 Å². The van der Waals surface area contributed by atoms with Crippen molar-refractivity contribution < 1.29 is 19.1 Å². The Balaban J connectivity index is 1.53. The lowest BCUT2D eigenvalue weighted by Crippen LogP contribution is -2.38. The molecule has 0 radical (unpaired) electrons. The first-order valence-electron chi connectivity index (χ1n) is 6.23. The number of benzene rings is 1. The van der Waals surface area contributed by atoms with Crippen LogP contribution >= 0.6 is 11.3 Å². The average molecular weight is 304 g/mol. The van der Waals surface area contributed by atoms with Gasteiger partial charge in [0.2, 0.25) is 6.79 Å². The minimum atomic E-state index is -0.536. The highest BCUT2D eigenvalue weighted by Crippen LogP contribution is 2.32. The second-order valence-electron chi connectivity index (χ2n) is 4.30. The summed E-state index contributed by atoms with van der Waals surface area (Å²) < 4.78 is 10.5. The molecule has 0 aliphatic carbocycles. The Morgan fingerprint density at radius 3 is 2.86 bits per heavy atom. The Morgan fingerprint density at radius 2 is 2.05 bits per heavy atom. The van der Waals surface area contributed by atoms with Crippen LogP contribution in [0.25, 0.3) is 0 Å². The Labute approximate surface area is 124 Å². The van der Waals surface area contributed by atoms with Crippen LogP contribution < -0.4 is 20.1 Å². The van der Waals surface area contributed by atoms with Gasteiger partial charge < -0.3 is 14.8 Å². The van der Waals surface area contributed by atoms with Crippen molar-refractivity contribution in [3.63, 3.8) is 0 Å². The Hall–Kier alpha value is -2.54. The third kappa shape index (κ3) is 3.14. The Bertz CT molecular complexity index is 670. The van der Waals surface area contributed by atoms with E-state index in [1.807, 2.05) is 6.07 Å². The van der Waals surface area contributed by atoms with Crippen LogP contribution in [0.4, 0.5) is 4.79 Å². The van der Waals surface area contributed by atoms with Crippen molar-refractivity contribution in [2.24, 2.45) is 0 Å². The maximum atomic E-state index is 11.7. The van der Waals surface area contributed by atoms with Gasteiger partial charge >= 0.3 is 6.03 Å². The molecule has 0 saturated carbocycles.